The Kier molecular flexibility index (Phi) is 5.12. The topological polar surface area (TPSA) is 35.5 Å². The normalized spacial score (nSPS) is 9.56. The zero-order valence-electron chi connectivity index (χ0n) is 9.44. The Bertz CT molecular complexity index is 341. The zero-order valence-corrected chi connectivity index (χ0v) is 9.44. The number of hydrogen-bond acceptors (Lipinski definition) is 3. The van der Waals surface area contributed by atoms with Crippen LogP contribution in [-0.2, 0) is 4.79 Å². The lowest BCUT2D eigenvalue weighted by molar-refractivity contribution is -0.128. The molecule has 0 radical (unpaired) electrons. The summed E-state index contributed by atoms with van der Waals surface area (Å²) in [6.45, 7) is 6.15. The molecule has 0 fully saturated rings. The average molecular weight is 220 g/mol. The lowest BCUT2D eigenvalue weighted by Gasteiger charge is -2.06. The Morgan fingerprint density at radius 3 is 2.50 bits per heavy atom. The highest BCUT2D eigenvalue weighted by Gasteiger charge is 1.99. The molecule has 0 unspecified atom stereocenters. The molecule has 0 spiro atoms. The van der Waals surface area contributed by atoms with Gasteiger partial charge in [-0.1, -0.05) is 19.9 Å². The molecule has 0 aliphatic rings. The highest BCUT2D eigenvalue weighted by Crippen LogP contribution is 2.17. The summed E-state index contributed by atoms with van der Waals surface area (Å²) in [6.07, 6.45) is 3.27. The minimum absolute atomic E-state index is 0.459. The highest BCUT2D eigenvalue weighted by molar-refractivity contribution is 5.83. The number of carbonyl (C=O) groups excluding carboxylic acids is 1. The summed E-state index contributed by atoms with van der Waals surface area (Å²) in [7, 11) is 0. The first-order chi connectivity index (χ1) is 7.76. The van der Waals surface area contributed by atoms with E-state index in [2.05, 4.69) is 13.5 Å². The van der Waals surface area contributed by atoms with Crippen LogP contribution in [0.25, 0.3) is 0 Å². The van der Waals surface area contributed by atoms with Crippen molar-refractivity contribution in [3.63, 3.8) is 0 Å². The maximum absolute atomic E-state index is 10.9. The molecule has 0 aliphatic heterocycles. The van der Waals surface area contributed by atoms with Gasteiger partial charge in [0.05, 0.1) is 6.61 Å². The van der Waals surface area contributed by atoms with Crippen LogP contribution in [0.3, 0.4) is 0 Å². The van der Waals surface area contributed by atoms with Gasteiger partial charge in [0.1, 0.15) is 11.5 Å². The molecule has 0 saturated carbocycles. The van der Waals surface area contributed by atoms with Gasteiger partial charge in [-0.2, -0.15) is 0 Å². The predicted octanol–water partition coefficient (Wildman–Crippen LogP) is 2.96. The van der Waals surface area contributed by atoms with E-state index in [0.29, 0.717) is 12.4 Å². The van der Waals surface area contributed by atoms with Gasteiger partial charge in [0.25, 0.3) is 0 Å². The molecule has 86 valence electrons. The minimum atomic E-state index is -0.459. The van der Waals surface area contributed by atoms with Crippen molar-refractivity contribution in [2.45, 2.75) is 19.8 Å². The third-order valence-electron chi connectivity index (χ3n) is 1.98. The summed E-state index contributed by atoms with van der Waals surface area (Å²) >= 11 is 0. The third-order valence-corrected chi connectivity index (χ3v) is 1.98. The number of unbranched alkanes of at least 4 members (excludes halogenated alkanes) is 1. The largest absolute Gasteiger partial charge is 0.494 e. The number of benzene rings is 1. The van der Waals surface area contributed by atoms with Crippen molar-refractivity contribution >= 4 is 5.97 Å². The second-order valence-electron chi connectivity index (χ2n) is 3.30. The number of ether oxygens (including phenoxy) is 2. The third kappa shape index (κ3) is 4.17. The van der Waals surface area contributed by atoms with Crippen LogP contribution in [0.2, 0.25) is 0 Å². The highest BCUT2D eigenvalue weighted by atomic mass is 16.5. The number of hydrogen-bond donors (Lipinski definition) is 0. The van der Waals surface area contributed by atoms with Crippen molar-refractivity contribution in [1.29, 1.82) is 0 Å². The smallest absolute Gasteiger partial charge is 0.335 e. The summed E-state index contributed by atoms with van der Waals surface area (Å²) in [5.41, 5.74) is 0. The molecular weight excluding hydrogens is 204 g/mol. The van der Waals surface area contributed by atoms with Crippen molar-refractivity contribution in [2.75, 3.05) is 6.61 Å². The first-order valence-corrected chi connectivity index (χ1v) is 5.33. The Balaban J connectivity index is 2.47. The molecule has 0 bridgehead atoms. The van der Waals surface area contributed by atoms with Crippen LogP contribution in [0.1, 0.15) is 19.8 Å². The summed E-state index contributed by atoms with van der Waals surface area (Å²) in [4.78, 5) is 10.9. The van der Waals surface area contributed by atoms with Crippen molar-refractivity contribution in [2.24, 2.45) is 0 Å². The lowest BCUT2D eigenvalue weighted by Crippen LogP contribution is -2.03. The summed E-state index contributed by atoms with van der Waals surface area (Å²) < 4.78 is 10.4. The molecule has 0 aromatic heterocycles. The summed E-state index contributed by atoms with van der Waals surface area (Å²) in [5, 5.41) is 0. The van der Waals surface area contributed by atoms with Crippen LogP contribution >= 0.6 is 0 Å². The Morgan fingerprint density at radius 1 is 1.31 bits per heavy atom. The maximum Gasteiger partial charge on any atom is 0.335 e. The van der Waals surface area contributed by atoms with Crippen LogP contribution in [0.4, 0.5) is 0 Å². The molecule has 3 nitrogen and oxygen atoms in total. The van der Waals surface area contributed by atoms with Gasteiger partial charge in [0.2, 0.25) is 0 Å². The van der Waals surface area contributed by atoms with Gasteiger partial charge in [-0.05, 0) is 30.7 Å². The van der Waals surface area contributed by atoms with Crippen LogP contribution in [0, 0.1) is 0 Å². The maximum atomic E-state index is 10.9. The van der Waals surface area contributed by atoms with Gasteiger partial charge in [0, 0.05) is 6.08 Å². The first-order valence-electron chi connectivity index (χ1n) is 5.33. The van der Waals surface area contributed by atoms with E-state index in [9.17, 15) is 4.79 Å². The van der Waals surface area contributed by atoms with Crippen LogP contribution < -0.4 is 9.47 Å². The molecular formula is C13H16O3. The van der Waals surface area contributed by atoms with Gasteiger partial charge in [0.15, 0.2) is 0 Å². The lowest BCUT2D eigenvalue weighted by atomic mass is 10.3. The second-order valence-corrected chi connectivity index (χ2v) is 3.30. The van der Waals surface area contributed by atoms with E-state index in [1.54, 1.807) is 24.3 Å². The molecule has 0 N–H and O–H groups in total. The van der Waals surface area contributed by atoms with Crippen molar-refractivity contribution in [3.8, 4) is 11.5 Å². The molecule has 0 aliphatic carbocycles. The molecule has 1 aromatic rings. The molecule has 0 atom stereocenters. The Hall–Kier alpha value is -1.77. The van der Waals surface area contributed by atoms with Crippen molar-refractivity contribution < 1.29 is 14.3 Å². The second kappa shape index (κ2) is 6.67. The molecule has 16 heavy (non-hydrogen) atoms. The van der Waals surface area contributed by atoms with E-state index in [1.807, 2.05) is 0 Å². The van der Waals surface area contributed by atoms with E-state index >= 15 is 0 Å². The minimum Gasteiger partial charge on any atom is -0.494 e. The molecule has 3 heteroatoms. The standard InChI is InChI=1S/C13H16O3/c1-3-5-10-15-11-6-8-12(9-7-11)16-13(14)4-2/h4,6-9H,2-3,5,10H2,1H3. The molecule has 0 amide bonds. The van der Waals surface area contributed by atoms with E-state index in [4.69, 9.17) is 9.47 Å². The molecule has 0 heterocycles. The van der Waals surface area contributed by atoms with Gasteiger partial charge >= 0.3 is 5.97 Å². The van der Waals surface area contributed by atoms with Crippen LogP contribution in [0.5, 0.6) is 11.5 Å². The first kappa shape index (κ1) is 12.3. The number of carbonyl (C=O) groups is 1. The van der Waals surface area contributed by atoms with Crippen LogP contribution in [-0.4, -0.2) is 12.6 Å². The fraction of sp³-hybridized carbons (Fsp3) is 0.308. The fourth-order valence-electron chi connectivity index (χ4n) is 1.10. The fourth-order valence-corrected chi connectivity index (χ4v) is 1.10. The van der Waals surface area contributed by atoms with E-state index in [0.717, 1.165) is 24.7 Å². The number of rotatable bonds is 6. The quantitative estimate of drug-likeness (QED) is 0.320. The van der Waals surface area contributed by atoms with Crippen molar-refractivity contribution in [3.05, 3.63) is 36.9 Å². The van der Waals surface area contributed by atoms with Crippen LogP contribution in [0.15, 0.2) is 36.9 Å². The van der Waals surface area contributed by atoms with Gasteiger partial charge in [-0.15, -0.1) is 0 Å². The molecule has 0 saturated heterocycles. The van der Waals surface area contributed by atoms with Gasteiger partial charge in [-0.25, -0.2) is 4.79 Å². The Morgan fingerprint density at radius 2 is 1.94 bits per heavy atom. The SMILES string of the molecule is C=CC(=O)Oc1ccc(OCCCC)cc1. The van der Waals surface area contributed by atoms with Gasteiger partial charge in [-0.3, -0.25) is 0 Å². The summed E-state index contributed by atoms with van der Waals surface area (Å²) in [5.74, 6) is 0.819. The molecule has 1 aromatic carbocycles. The Labute approximate surface area is 95.7 Å². The van der Waals surface area contributed by atoms with Crippen molar-refractivity contribution in [1.82, 2.24) is 0 Å². The zero-order chi connectivity index (χ0) is 11.8. The van der Waals surface area contributed by atoms with E-state index in [1.165, 1.54) is 0 Å². The van der Waals surface area contributed by atoms with E-state index < -0.39 is 5.97 Å². The predicted molar refractivity (Wildman–Crippen MR) is 62.7 cm³/mol. The number of esters is 1. The monoisotopic (exact) mass is 220 g/mol. The van der Waals surface area contributed by atoms with E-state index in [-0.39, 0.29) is 0 Å². The molecule has 1 rings (SSSR count). The summed E-state index contributed by atoms with van der Waals surface area (Å²) in [6, 6.07) is 6.95. The van der Waals surface area contributed by atoms with Gasteiger partial charge < -0.3 is 9.47 Å². The average Bonchev–Trinajstić information content (AvgIpc) is 2.31.